The van der Waals surface area contributed by atoms with Crippen molar-refractivity contribution in [3.63, 3.8) is 0 Å². The maximum absolute atomic E-state index is 12.1. The smallest absolute Gasteiger partial charge is 0.410 e. The predicted octanol–water partition coefficient (Wildman–Crippen LogP) is 7.03. The Balaban J connectivity index is 0.000000172. The molecule has 4 heterocycles. The standard InChI is InChI=1S/C18H22N2O2.C12H17NO2.C6H6BrN/c1-13-6-5-7-15(19-13)8-9-18-10-14(18)11-20(12-18)16(21)22-17(2,3)4;1-5-12-6-9(12)7-13(8-12)10(14)15-11(2,3)4;1-5-3-2-4-6(7)8-5/h5-7,14H,10-12H2,1-4H3;1,9H,6-8H2,2-4H3;2-4H,1H3. The highest BCUT2D eigenvalue weighted by Crippen LogP contribution is 2.58. The lowest BCUT2D eigenvalue weighted by Crippen LogP contribution is -2.37. The highest BCUT2D eigenvalue weighted by Gasteiger charge is 2.61. The largest absolute Gasteiger partial charge is 0.444 e. The molecule has 2 amide bonds. The molecule has 2 aromatic rings. The van der Waals surface area contributed by atoms with Crippen LogP contribution in [0, 0.1) is 60.7 Å². The molecule has 4 fully saturated rings. The summed E-state index contributed by atoms with van der Waals surface area (Å²) in [4.78, 5) is 35.9. The molecule has 9 heteroatoms. The van der Waals surface area contributed by atoms with E-state index in [1.54, 1.807) is 9.80 Å². The van der Waals surface area contributed by atoms with Crippen LogP contribution in [0.4, 0.5) is 9.59 Å². The minimum atomic E-state index is -0.450. The molecule has 6 rings (SSSR count). The van der Waals surface area contributed by atoms with E-state index < -0.39 is 11.2 Å². The van der Waals surface area contributed by atoms with Gasteiger partial charge in [0.2, 0.25) is 0 Å². The first-order valence-electron chi connectivity index (χ1n) is 15.4. The Bertz CT molecular complexity index is 1510. The van der Waals surface area contributed by atoms with Crippen molar-refractivity contribution in [2.24, 2.45) is 22.7 Å². The highest BCUT2D eigenvalue weighted by molar-refractivity contribution is 9.10. The minimum absolute atomic E-state index is 0.0170. The molecule has 0 bridgehead atoms. The number of pyridine rings is 2. The van der Waals surface area contributed by atoms with Gasteiger partial charge in [-0.15, -0.1) is 6.42 Å². The number of piperidine rings is 2. The monoisotopic (exact) mass is 676 g/mol. The van der Waals surface area contributed by atoms with Crippen LogP contribution in [-0.4, -0.2) is 69.3 Å². The fourth-order valence-corrected chi connectivity index (χ4v) is 6.06. The van der Waals surface area contributed by atoms with Crippen LogP contribution in [0.25, 0.3) is 0 Å². The average molecular weight is 678 g/mol. The average Bonchev–Trinajstić information content (AvgIpc) is 3.71. The van der Waals surface area contributed by atoms with E-state index in [4.69, 9.17) is 15.9 Å². The van der Waals surface area contributed by atoms with Gasteiger partial charge in [-0.1, -0.05) is 24.0 Å². The molecule has 45 heavy (non-hydrogen) atoms. The normalized spacial score (nSPS) is 25.4. The first-order valence-corrected chi connectivity index (χ1v) is 16.2. The second-order valence-electron chi connectivity index (χ2n) is 14.5. The molecule has 0 N–H and O–H groups in total. The number of terminal acetylenes is 1. The van der Waals surface area contributed by atoms with Crippen molar-refractivity contribution in [1.82, 2.24) is 19.8 Å². The molecule has 2 aromatic heterocycles. The number of carbonyl (C=O) groups excluding carboxylic acids is 2. The van der Waals surface area contributed by atoms with Crippen molar-refractivity contribution >= 4 is 28.1 Å². The lowest BCUT2D eigenvalue weighted by molar-refractivity contribution is 0.0258. The third-order valence-electron chi connectivity index (χ3n) is 8.06. The zero-order chi connectivity index (χ0) is 33.2. The Morgan fingerprint density at radius 1 is 0.844 bits per heavy atom. The van der Waals surface area contributed by atoms with Crippen LogP contribution in [0.15, 0.2) is 41.0 Å². The zero-order valence-electron chi connectivity index (χ0n) is 27.7. The summed E-state index contributed by atoms with van der Waals surface area (Å²) in [5, 5.41) is 0. The number of likely N-dealkylation sites (tertiary alicyclic amines) is 2. The molecule has 4 aliphatic rings. The molecule has 0 spiro atoms. The molecule has 0 radical (unpaired) electrons. The minimum Gasteiger partial charge on any atom is -0.444 e. The second-order valence-corrected chi connectivity index (χ2v) is 15.3. The van der Waals surface area contributed by atoms with E-state index >= 15 is 0 Å². The highest BCUT2D eigenvalue weighted by atomic mass is 79.9. The molecule has 4 unspecified atom stereocenters. The van der Waals surface area contributed by atoms with E-state index in [1.807, 2.05) is 91.8 Å². The van der Waals surface area contributed by atoms with E-state index in [-0.39, 0.29) is 23.0 Å². The van der Waals surface area contributed by atoms with E-state index in [0.29, 0.717) is 24.9 Å². The summed E-state index contributed by atoms with van der Waals surface area (Å²) in [5.41, 5.74) is 1.88. The van der Waals surface area contributed by atoms with Crippen molar-refractivity contribution in [2.45, 2.75) is 79.4 Å². The first kappa shape index (κ1) is 34.3. The Morgan fingerprint density at radius 2 is 1.33 bits per heavy atom. The molecule has 240 valence electrons. The van der Waals surface area contributed by atoms with Crippen LogP contribution >= 0.6 is 15.9 Å². The molecule has 2 aliphatic heterocycles. The van der Waals surface area contributed by atoms with Gasteiger partial charge in [0.25, 0.3) is 0 Å². The van der Waals surface area contributed by atoms with E-state index in [1.165, 1.54) is 0 Å². The summed E-state index contributed by atoms with van der Waals surface area (Å²) in [7, 11) is 0. The number of fused-ring (bicyclic) bond motifs is 2. The van der Waals surface area contributed by atoms with Crippen LogP contribution in [0.5, 0.6) is 0 Å². The van der Waals surface area contributed by atoms with Crippen LogP contribution in [0.2, 0.25) is 0 Å². The number of hydrogen-bond donors (Lipinski definition) is 0. The van der Waals surface area contributed by atoms with Gasteiger partial charge in [-0.3, -0.25) is 0 Å². The number of carbonyl (C=O) groups is 2. The summed E-state index contributed by atoms with van der Waals surface area (Å²) < 4.78 is 11.6. The van der Waals surface area contributed by atoms with Crippen molar-refractivity contribution in [3.8, 4) is 24.2 Å². The third kappa shape index (κ3) is 9.47. The Kier molecular flexibility index (Phi) is 9.95. The summed E-state index contributed by atoms with van der Waals surface area (Å²) >= 11 is 3.25. The van der Waals surface area contributed by atoms with E-state index in [0.717, 1.165) is 47.6 Å². The molecule has 2 aliphatic carbocycles. The number of halogens is 1. The zero-order valence-corrected chi connectivity index (χ0v) is 29.3. The Hall–Kier alpha value is -3.56. The Labute approximate surface area is 276 Å². The predicted molar refractivity (Wildman–Crippen MR) is 178 cm³/mol. The van der Waals surface area contributed by atoms with Crippen molar-refractivity contribution < 1.29 is 19.1 Å². The van der Waals surface area contributed by atoms with Crippen molar-refractivity contribution in [3.05, 3.63) is 58.1 Å². The topological polar surface area (TPSA) is 84.9 Å². The fraction of sp³-hybridized carbons (Fsp3) is 0.556. The van der Waals surface area contributed by atoms with Gasteiger partial charge in [0, 0.05) is 37.6 Å². The number of aryl methyl sites for hydroxylation is 2. The molecule has 2 saturated carbocycles. The van der Waals surface area contributed by atoms with Crippen LogP contribution < -0.4 is 0 Å². The van der Waals surface area contributed by atoms with Gasteiger partial charge in [0.05, 0.1) is 10.8 Å². The van der Waals surface area contributed by atoms with Crippen LogP contribution in [0.3, 0.4) is 0 Å². The van der Waals surface area contributed by atoms with Gasteiger partial charge in [0.15, 0.2) is 0 Å². The van der Waals surface area contributed by atoms with Crippen molar-refractivity contribution in [1.29, 1.82) is 0 Å². The van der Waals surface area contributed by atoms with Gasteiger partial charge in [-0.2, -0.15) is 0 Å². The second kappa shape index (κ2) is 13.0. The van der Waals surface area contributed by atoms with Crippen LogP contribution in [0.1, 0.15) is 71.5 Å². The SMILES string of the molecule is C#CC12CC1CN(C(=O)OC(C)(C)C)C2.Cc1cccc(Br)n1.Cc1cccc(C#CC23CC2CN(C(=O)OC(C)(C)C)C3)n1. The first-order chi connectivity index (χ1) is 20.9. The maximum atomic E-state index is 12.1. The van der Waals surface area contributed by atoms with Gasteiger partial charge < -0.3 is 19.3 Å². The summed E-state index contributed by atoms with van der Waals surface area (Å²) in [6.45, 7) is 18.1. The molecular formula is C36H45BrN4O4. The number of hydrogen-bond acceptors (Lipinski definition) is 6. The number of aromatic nitrogens is 2. The van der Waals surface area contributed by atoms with Gasteiger partial charge in [-0.25, -0.2) is 19.6 Å². The van der Waals surface area contributed by atoms with Crippen molar-refractivity contribution in [2.75, 3.05) is 26.2 Å². The molecule has 0 aromatic carbocycles. The Morgan fingerprint density at radius 3 is 1.78 bits per heavy atom. The molecule has 8 nitrogen and oxygen atoms in total. The molecule has 4 atom stereocenters. The lowest BCUT2D eigenvalue weighted by atomic mass is 10.1. The summed E-state index contributed by atoms with van der Waals surface area (Å²) in [5.74, 6) is 10.3. The molecular weight excluding hydrogens is 632 g/mol. The van der Waals surface area contributed by atoms with Gasteiger partial charge >= 0.3 is 12.2 Å². The fourth-order valence-electron chi connectivity index (χ4n) is 5.63. The quantitative estimate of drug-likeness (QED) is 0.220. The summed E-state index contributed by atoms with van der Waals surface area (Å²) in [6.07, 6.45) is 7.16. The number of ether oxygens (including phenoxy) is 2. The number of amides is 2. The number of rotatable bonds is 0. The van der Waals surface area contributed by atoms with E-state index in [9.17, 15) is 9.59 Å². The number of nitrogens with zero attached hydrogens (tertiary/aromatic N) is 4. The van der Waals surface area contributed by atoms with E-state index in [2.05, 4.69) is 43.7 Å². The van der Waals surface area contributed by atoms with Crippen LogP contribution in [-0.2, 0) is 9.47 Å². The summed E-state index contributed by atoms with van der Waals surface area (Å²) in [6, 6.07) is 11.7. The van der Waals surface area contributed by atoms with Gasteiger partial charge in [0.1, 0.15) is 21.5 Å². The lowest BCUT2D eigenvalue weighted by Gasteiger charge is -2.25. The van der Waals surface area contributed by atoms with Gasteiger partial charge in [-0.05, 0) is 126 Å². The third-order valence-corrected chi connectivity index (χ3v) is 8.51. The maximum Gasteiger partial charge on any atom is 0.410 e. The molecule has 2 saturated heterocycles.